The Morgan fingerprint density at radius 1 is 1.00 bits per heavy atom. The summed E-state index contributed by atoms with van der Waals surface area (Å²) in [5.74, 6) is -0.502. The second kappa shape index (κ2) is 10.9. The summed E-state index contributed by atoms with van der Waals surface area (Å²) in [6, 6.07) is 0. The van der Waals surface area contributed by atoms with Crippen molar-refractivity contribution in [1.29, 1.82) is 0 Å². The molecule has 0 heterocycles. The lowest BCUT2D eigenvalue weighted by Crippen LogP contribution is -1.99. The van der Waals surface area contributed by atoms with Gasteiger partial charge < -0.3 is 4.74 Å². The normalized spacial score (nSPS) is 8.00. The Hall–Kier alpha value is -1.10. The van der Waals surface area contributed by atoms with Crippen LogP contribution in [0.1, 0.15) is 26.7 Å². The van der Waals surface area contributed by atoms with Crippen molar-refractivity contribution in [1.82, 2.24) is 0 Å². The second-order valence-corrected chi connectivity index (χ2v) is 1.91. The fraction of sp³-hybridized carbons (Fsp3) is 0.750. The van der Waals surface area contributed by atoms with Crippen LogP contribution in [-0.2, 0) is 24.1 Å². The van der Waals surface area contributed by atoms with Crippen LogP contribution in [0.15, 0.2) is 0 Å². The number of esters is 1. The number of rotatable bonds is 3. The summed E-state index contributed by atoms with van der Waals surface area (Å²) < 4.78 is 4.26. The predicted octanol–water partition coefficient (Wildman–Crippen LogP) is 1.07. The molecule has 0 aromatic heterocycles. The highest BCUT2D eigenvalue weighted by molar-refractivity contribution is 5.68. The summed E-state index contributed by atoms with van der Waals surface area (Å²) in [7, 11) is 2.68. The zero-order valence-corrected chi connectivity index (χ0v) is 8.46. The maximum absolute atomic E-state index is 10.1. The SMILES string of the molecule is CCC(=O)OC.CCC(=O)OOC. The lowest BCUT2D eigenvalue weighted by Gasteiger charge is -1.91. The summed E-state index contributed by atoms with van der Waals surface area (Å²) in [5, 5.41) is 0. The monoisotopic (exact) mass is 192 g/mol. The number of hydrogen-bond donors (Lipinski definition) is 0. The molecule has 13 heavy (non-hydrogen) atoms. The van der Waals surface area contributed by atoms with Crippen molar-refractivity contribution in [2.75, 3.05) is 14.2 Å². The van der Waals surface area contributed by atoms with E-state index in [2.05, 4.69) is 14.5 Å². The molecule has 0 radical (unpaired) electrons. The molecule has 5 heteroatoms. The fourth-order valence-electron chi connectivity index (χ4n) is 0.296. The van der Waals surface area contributed by atoms with Gasteiger partial charge in [0.1, 0.15) is 0 Å². The molecule has 0 unspecified atom stereocenters. The molecule has 78 valence electrons. The van der Waals surface area contributed by atoms with Gasteiger partial charge in [-0.3, -0.25) is 9.68 Å². The van der Waals surface area contributed by atoms with Crippen LogP contribution >= 0.6 is 0 Å². The molecule has 0 saturated carbocycles. The Morgan fingerprint density at radius 2 is 1.46 bits per heavy atom. The largest absolute Gasteiger partial charge is 0.469 e. The van der Waals surface area contributed by atoms with Gasteiger partial charge in [-0.15, -0.1) is 0 Å². The Labute approximate surface area is 77.9 Å². The van der Waals surface area contributed by atoms with Crippen LogP contribution in [0.3, 0.4) is 0 Å². The first-order valence-corrected chi connectivity index (χ1v) is 3.92. The zero-order valence-electron chi connectivity index (χ0n) is 8.46. The molecule has 0 atom stereocenters. The maximum Gasteiger partial charge on any atom is 0.342 e. The second-order valence-electron chi connectivity index (χ2n) is 1.91. The molecule has 0 aromatic rings. The van der Waals surface area contributed by atoms with Gasteiger partial charge in [0.15, 0.2) is 0 Å². The minimum atomic E-state index is -0.345. The molecule has 0 aromatic carbocycles. The van der Waals surface area contributed by atoms with E-state index >= 15 is 0 Å². The number of methoxy groups -OCH3 is 1. The van der Waals surface area contributed by atoms with E-state index in [-0.39, 0.29) is 11.9 Å². The van der Waals surface area contributed by atoms with Gasteiger partial charge in [-0.2, -0.15) is 4.89 Å². The topological polar surface area (TPSA) is 61.8 Å². The first-order chi connectivity index (χ1) is 6.12. The van der Waals surface area contributed by atoms with Gasteiger partial charge in [-0.25, -0.2) is 4.79 Å². The molecule has 0 fully saturated rings. The summed E-state index contributed by atoms with van der Waals surface area (Å²) in [6.45, 7) is 3.45. The van der Waals surface area contributed by atoms with Gasteiger partial charge in [-0.05, 0) is 0 Å². The van der Waals surface area contributed by atoms with Crippen LogP contribution in [0, 0.1) is 0 Å². The summed E-state index contributed by atoms with van der Waals surface area (Å²) in [4.78, 5) is 28.1. The Bertz CT molecular complexity index is 137. The third kappa shape index (κ3) is 13.8. The Kier molecular flexibility index (Phi) is 12.1. The van der Waals surface area contributed by atoms with Crippen LogP contribution in [0.25, 0.3) is 0 Å². The van der Waals surface area contributed by atoms with E-state index < -0.39 is 0 Å². The molecule has 0 aliphatic carbocycles. The number of ether oxygens (including phenoxy) is 1. The summed E-state index contributed by atoms with van der Waals surface area (Å²) in [5.41, 5.74) is 0. The highest BCUT2D eigenvalue weighted by Crippen LogP contribution is 1.81. The van der Waals surface area contributed by atoms with Crippen molar-refractivity contribution in [3.63, 3.8) is 0 Å². The molecule has 0 amide bonds. The van der Waals surface area contributed by atoms with Crippen molar-refractivity contribution >= 4 is 11.9 Å². The van der Waals surface area contributed by atoms with Crippen LogP contribution in [-0.4, -0.2) is 26.2 Å². The van der Waals surface area contributed by atoms with Crippen molar-refractivity contribution in [3.8, 4) is 0 Å². The highest BCUT2D eigenvalue weighted by Gasteiger charge is 1.93. The van der Waals surface area contributed by atoms with Gasteiger partial charge in [0.2, 0.25) is 0 Å². The zero-order chi connectivity index (χ0) is 10.7. The van der Waals surface area contributed by atoms with Crippen LogP contribution in [0.4, 0.5) is 0 Å². The standard InChI is InChI=1S/C4H8O3.C4H8O2/c1-3-4(5)7-6-2;1-3-4(5)6-2/h3H2,1-2H3;3H2,1-2H3. The summed E-state index contributed by atoms with van der Waals surface area (Å²) >= 11 is 0. The van der Waals surface area contributed by atoms with Crippen LogP contribution < -0.4 is 0 Å². The van der Waals surface area contributed by atoms with Gasteiger partial charge >= 0.3 is 11.9 Å². The molecule has 0 bridgehead atoms. The number of hydrogen-bond acceptors (Lipinski definition) is 5. The van der Waals surface area contributed by atoms with Gasteiger partial charge in [0.05, 0.1) is 14.2 Å². The molecule has 0 aliphatic heterocycles. The highest BCUT2D eigenvalue weighted by atomic mass is 17.2. The van der Waals surface area contributed by atoms with Crippen molar-refractivity contribution in [2.24, 2.45) is 0 Å². The summed E-state index contributed by atoms with van der Waals surface area (Å²) in [6.07, 6.45) is 0.824. The quantitative estimate of drug-likeness (QED) is 0.380. The molecule has 0 aliphatic rings. The van der Waals surface area contributed by atoms with E-state index in [4.69, 9.17) is 0 Å². The Morgan fingerprint density at radius 3 is 1.54 bits per heavy atom. The predicted molar refractivity (Wildman–Crippen MR) is 45.7 cm³/mol. The average Bonchev–Trinajstić information content (AvgIpc) is 2.18. The molecule has 0 N–H and O–H groups in total. The van der Waals surface area contributed by atoms with E-state index in [0.29, 0.717) is 12.8 Å². The fourth-order valence-corrected chi connectivity index (χ4v) is 0.296. The number of carbonyl (C=O) groups excluding carboxylic acids is 2. The first-order valence-electron chi connectivity index (χ1n) is 3.92. The Balaban J connectivity index is 0. The third-order valence-electron chi connectivity index (χ3n) is 0.981. The molecule has 0 spiro atoms. The van der Waals surface area contributed by atoms with Crippen LogP contribution in [0.5, 0.6) is 0 Å². The van der Waals surface area contributed by atoms with Crippen molar-refractivity contribution < 1.29 is 24.1 Å². The minimum absolute atomic E-state index is 0.157. The van der Waals surface area contributed by atoms with Gasteiger partial charge in [0.25, 0.3) is 0 Å². The molecular weight excluding hydrogens is 176 g/mol. The third-order valence-corrected chi connectivity index (χ3v) is 0.981. The first kappa shape index (κ1) is 14.4. The van der Waals surface area contributed by atoms with E-state index in [0.717, 1.165) is 0 Å². The van der Waals surface area contributed by atoms with Gasteiger partial charge in [-0.1, -0.05) is 13.8 Å². The number of carbonyl (C=O) groups is 2. The lowest BCUT2D eigenvalue weighted by molar-refractivity contribution is -0.254. The van der Waals surface area contributed by atoms with Gasteiger partial charge in [0, 0.05) is 12.8 Å². The van der Waals surface area contributed by atoms with Crippen molar-refractivity contribution in [2.45, 2.75) is 26.7 Å². The smallest absolute Gasteiger partial charge is 0.342 e. The van der Waals surface area contributed by atoms with Crippen LogP contribution in [0.2, 0.25) is 0 Å². The molecule has 0 saturated heterocycles. The molecular formula is C8H16O5. The van der Waals surface area contributed by atoms with E-state index in [9.17, 15) is 9.59 Å². The van der Waals surface area contributed by atoms with E-state index in [1.165, 1.54) is 14.2 Å². The van der Waals surface area contributed by atoms with E-state index in [1.54, 1.807) is 13.8 Å². The van der Waals surface area contributed by atoms with E-state index in [1.807, 2.05) is 0 Å². The lowest BCUT2D eigenvalue weighted by atomic mass is 10.5. The average molecular weight is 192 g/mol. The maximum atomic E-state index is 10.1. The van der Waals surface area contributed by atoms with Crippen molar-refractivity contribution in [3.05, 3.63) is 0 Å². The molecule has 0 rings (SSSR count). The minimum Gasteiger partial charge on any atom is -0.469 e. The molecule has 5 nitrogen and oxygen atoms in total.